The maximum Gasteiger partial charge on any atom is 0.335 e. The molecule has 1 aliphatic carbocycles. The number of aliphatic imine (C=N–C) groups is 1. The minimum atomic E-state index is -0.482. The number of halogens is 1. The van der Waals surface area contributed by atoms with Crippen molar-refractivity contribution in [2.75, 3.05) is 6.61 Å². The maximum absolute atomic E-state index is 13.2. The summed E-state index contributed by atoms with van der Waals surface area (Å²) in [7, 11) is 0. The quantitative estimate of drug-likeness (QED) is 0.400. The van der Waals surface area contributed by atoms with Crippen molar-refractivity contribution in [1.29, 1.82) is 0 Å². The molecular formula is C27H24BrNO3. The normalized spacial score (nSPS) is 19.8. The Hall–Kier alpha value is -3.05. The van der Waals surface area contributed by atoms with E-state index in [1.807, 2.05) is 75.4 Å². The number of fused-ring (bicyclic) bond motifs is 1. The van der Waals surface area contributed by atoms with Crippen LogP contribution in [0.25, 0.3) is 0 Å². The van der Waals surface area contributed by atoms with Gasteiger partial charge in [0.15, 0.2) is 12.4 Å². The Bertz CT molecular complexity index is 1180. The van der Waals surface area contributed by atoms with Crippen molar-refractivity contribution in [3.63, 3.8) is 0 Å². The van der Waals surface area contributed by atoms with Crippen LogP contribution in [0.15, 0.2) is 87.4 Å². The summed E-state index contributed by atoms with van der Waals surface area (Å²) in [6.45, 7) is 5.59. The van der Waals surface area contributed by atoms with Gasteiger partial charge in [0.1, 0.15) is 0 Å². The summed E-state index contributed by atoms with van der Waals surface area (Å²) in [6.07, 6.45) is 5.91. The van der Waals surface area contributed by atoms with Crippen LogP contribution in [-0.4, -0.2) is 30.1 Å². The molecule has 0 fully saturated rings. The summed E-state index contributed by atoms with van der Waals surface area (Å²) in [4.78, 5) is 30.7. The summed E-state index contributed by atoms with van der Waals surface area (Å²) >= 11 is 3.51. The molecular weight excluding hydrogens is 466 g/mol. The molecule has 0 radical (unpaired) electrons. The summed E-state index contributed by atoms with van der Waals surface area (Å²) in [6, 6.07) is 15.1. The third-order valence-electron chi connectivity index (χ3n) is 5.78. The van der Waals surface area contributed by atoms with Crippen molar-refractivity contribution < 1.29 is 14.3 Å². The van der Waals surface area contributed by atoms with Gasteiger partial charge < -0.3 is 4.74 Å². The molecule has 1 aliphatic heterocycles. The number of rotatable bonds is 5. The summed E-state index contributed by atoms with van der Waals surface area (Å²) in [5, 5.41) is 0. The summed E-state index contributed by atoms with van der Waals surface area (Å²) < 4.78 is 6.41. The molecule has 2 aliphatic rings. The molecule has 2 aromatic rings. The van der Waals surface area contributed by atoms with E-state index in [9.17, 15) is 9.59 Å². The highest BCUT2D eigenvalue weighted by atomic mass is 79.9. The standard InChI is InChI=1S/C27H24BrNO3/c1-16-4-8-19(9-5-16)24(30)15-32-27(31)25-18(3)26(20-10-6-17(2)7-11-20)29-23-13-12-21(28)14-22(23)25/h4-14,22-23H,15H2,1-3H3/t22-,23-/m0/s1. The fourth-order valence-electron chi connectivity index (χ4n) is 3.96. The average molecular weight is 490 g/mol. The van der Waals surface area contributed by atoms with Gasteiger partial charge in [-0.3, -0.25) is 9.79 Å². The number of allylic oxidation sites excluding steroid dienone is 3. The zero-order valence-corrected chi connectivity index (χ0v) is 19.8. The van der Waals surface area contributed by atoms with Crippen LogP contribution in [0, 0.1) is 19.8 Å². The predicted molar refractivity (Wildman–Crippen MR) is 130 cm³/mol. The number of carbonyl (C=O) groups is 2. The number of hydrogen-bond donors (Lipinski definition) is 0. The topological polar surface area (TPSA) is 55.7 Å². The molecule has 0 saturated heterocycles. The lowest BCUT2D eigenvalue weighted by Crippen LogP contribution is -2.33. The Kier molecular flexibility index (Phi) is 6.38. The van der Waals surface area contributed by atoms with Gasteiger partial charge in [0.25, 0.3) is 0 Å². The molecule has 32 heavy (non-hydrogen) atoms. The van der Waals surface area contributed by atoms with E-state index in [0.717, 1.165) is 32.5 Å². The number of esters is 1. The molecule has 0 aromatic heterocycles. The van der Waals surface area contributed by atoms with E-state index in [4.69, 9.17) is 9.73 Å². The van der Waals surface area contributed by atoms with Crippen LogP contribution in [0.2, 0.25) is 0 Å². The summed E-state index contributed by atoms with van der Waals surface area (Å²) in [5.74, 6) is -0.952. The van der Waals surface area contributed by atoms with Crippen molar-refractivity contribution in [1.82, 2.24) is 0 Å². The fourth-order valence-corrected chi connectivity index (χ4v) is 4.40. The molecule has 0 unspecified atom stereocenters. The number of Topliss-reactive ketones (excluding diaryl/α,β-unsaturated/α-hetero) is 1. The predicted octanol–water partition coefficient (Wildman–Crippen LogP) is 5.68. The van der Waals surface area contributed by atoms with Gasteiger partial charge in [0.2, 0.25) is 0 Å². The van der Waals surface area contributed by atoms with E-state index < -0.39 is 5.97 Å². The molecule has 162 valence electrons. The van der Waals surface area contributed by atoms with E-state index in [0.29, 0.717) is 11.1 Å². The Morgan fingerprint density at radius 3 is 2.25 bits per heavy atom. The second-order valence-electron chi connectivity index (χ2n) is 8.17. The van der Waals surface area contributed by atoms with Gasteiger partial charge in [-0.15, -0.1) is 0 Å². The molecule has 4 rings (SSSR count). The van der Waals surface area contributed by atoms with E-state index in [1.165, 1.54) is 0 Å². The zero-order valence-electron chi connectivity index (χ0n) is 18.3. The lowest BCUT2D eigenvalue weighted by molar-refractivity contribution is -0.138. The minimum absolute atomic E-state index is 0.202. The number of carbonyl (C=O) groups excluding carboxylic acids is 2. The molecule has 4 nitrogen and oxygen atoms in total. The van der Waals surface area contributed by atoms with E-state index in [-0.39, 0.29) is 24.3 Å². The lowest BCUT2D eigenvalue weighted by Gasteiger charge is -2.31. The van der Waals surface area contributed by atoms with Gasteiger partial charge in [-0.05, 0) is 31.9 Å². The number of dihydropyridines is 1. The minimum Gasteiger partial charge on any atom is -0.454 e. The molecule has 0 saturated carbocycles. The Morgan fingerprint density at radius 2 is 1.59 bits per heavy atom. The van der Waals surface area contributed by atoms with Crippen molar-refractivity contribution >= 4 is 33.4 Å². The van der Waals surface area contributed by atoms with Crippen molar-refractivity contribution in [2.45, 2.75) is 26.8 Å². The molecule has 0 bridgehead atoms. The number of benzene rings is 2. The van der Waals surface area contributed by atoms with Crippen LogP contribution in [-0.2, 0) is 9.53 Å². The second-order valence-corrected chi connectivity index (χ2v) is 9.09. The Labute approximate surface area is 196 Å². The van der Waals surface area contributed by atoms with Gasteiger partial charge in [-0.1, -0.05) is 93.8 Å². The van der Waals surface area contributed by atoms with Crippen LogP contribution in [0.4, 0.5) is 0 Å². The third kappa shape index (κ3) is 4.58. The first kappa shape index (κ1) is 22.2. The van der Waals surface area contributed by atoms with E-state index >= 15 is 0 Å². The van der Waals surface area contributed by atoms with Crippen LogP contribution in [0.5, 0.6) is 0 Å². The number of aryl methyl sites for hydroxylation is 2. The fraction of sp³-hybridized carbons (Fsp3) is 0.222. The van der Waals surface area contributed by atoms with Crippen molar-refractivity contribution in [2.24, 2.45) is 10.9 Å². The van der Waals surface area contributed by atoms with Gasteiger partial charge in [0, 0.05) is 16.0 Å². The van der Waals surface area contributed by atoms with E-state index in [1.54, 1.807) is 12.1 Å². The zero-order chi connectivity index (χ0) is 22.8. The third-order valence-corrected chi connectivity index (χ3v) is 6.31. The van der Waals surface area contributed by atoms with Crippen molar-refractivity contribution in [3.05, 3.63) is 105 Å². The van der Waals surface area contributed by atoms with Crippen LogP contribution in [0.1, 0.15) is 34.0 Å². The molecule has 0 spiro atoms. The van der Waals surface area contributed by atoms with Crippen molar-refractivity contribution in [3.8, 4) is 0 Å². The van der Waals surface area contributed by atoms with Gasteiger partial charge in [-0.2, -0.15) is 0 Å². The smallest absolute Gasteiger partial charge is 0.335 e. The highest BCUT2D eigenvalue weighted by Gasteiger charge is 2.36. The largest absolute Gasteiger partial charge is 0.454 e. The monoisotopic (exact) mass is 489 g/mol. The Balaban J connectivity index is 1.63. The van der Waals surface area contributed by atoms with Crippen LogP contribution < -0.4 is 0 Å². The van der Waals surface area contributed by atoms with Gasteiger partial charge in [-0.25, -0.2) is 4.79 Å². The number of ether oxygens (including phenoxy) is 1. The molecule has 2 atom stereocenters. The van der Waals surface area contributed by atoms with E-state index in [2.05, 4.69) is 15.9 Å². The molecule has 0 N–H and O–H groups in total. The number of hydrogen-bond acceptors (Lipinski definition) is 4. The highest BCUT2D eigenvalue weighted by molar-refractivity contribution is 9.11. The average Bonchev–Trinajstić information content (AvgIpc) is 2.78. The second kappa shape index (κ2) is 9.21. The lowest BCUT2D eigenvalue weighted by atomic mass is 9.80. The molecule has 5 heteroatoms. The SMILES string of the molecule is CC1=C(C(=O)OCC(=O)c2ccc(C)cc2)[C@H]2C=C(Br)C=C[C@@H]2N=C1c1ccc(C)cc1. The van der Waals surface area contributed by atoms with Crippen LogP contribution >= 0.6 is 15.9 Å². The molecule has 0 amide bonds. The summed E-state index contributed by atoms with van der Waals surface area (Å²) in [5.41, 5.74) is 5.80. The molecule has 2 aromatic carbocycles. The first-order chi connectivity index (χ1) is 15.3. The number of nitrogens with zero attached hydrogens (tertiary/aromatic N) is 1. The first-order valence-corrected chi connectivity index (χ1v) is 11.3. The van der Waals surface area contributed by atoms with Crippen LogP contribution in [0.3, 0.4) is 0 Å². The van der Waals surface area contributed by atoms with Gasteiger partial charge >= 0.3 is 5.97 Å². The van der Waals surface area contributed by atoms with Gasteiger partial charge in [0.05, 0.1) is 17.3 Å². The Morgan fingerprint density at radius 1 is 0.969 bits per heavy atom. The first-order valence-electron chi connectivity index (χ1n) is 10.5. The molecule has 1 heterocycles. The maximum atomic E-state index is 13.2. The number of ketones is 1. The highest BCUT2D eigenvalue weighted by Crippen LogP contribution is 2.36.